The zero-order valence-corrected chi connectivity index (χ0v) is 16.7. The first kappa shape index (κ1) is 18.4. The van der Waals surface area contributed by atoms with Crippen LogP contribution in [0.25, 0.3) is 11.3 Å². The monoisotopic (exact) mass is 368 g/mol. The Balaban J connectivity index is 1.49. The van der Waals surface area contributed by atoms with Gasteiger partial charge in [0, 0.05) is 43.6 Å². The average molecular weight is 369 g/mol. The Bertz CT molecular complexity index is 711. The van der Waals surface area contributed by atoms with Crippen molar-refractivity contribution in [2.45, 2.75) is 52.0 Å². The van der Waals surface area contributed by atoms with Crippen molar-refractivity contribution >= 4 is 5.95 Å². The van der Waals surface area contributed by atoms with Gasteiger partial charge in [0.15, 0.2) is 0 Å². The van der Waals surface area contributed by atoms with E-state index in [0.717, 1.165) is 49.2 Å². The summed E-state index contributed by atoms with van der Waals surface area (Å²) in [7, 11) is 0. The lowest BCUT2D eigenvalue weighted by atomic mass is 10.00. The van der Waals surface area contributed by atoms with Crippen molar-refractivity contribution in [1.29, 1.82) is 0 Å². The molecule has 6 nitrogen and oxygen atoms in total. The molecule has 0 aliphatic carbocycles. The van der Waals surface area contributed by atoms with Crippen LogP contribution in [0.2, 0.25) is 0 Å². The lowest BCUT2D eigenvalue weighted by molar-refractivity contribution is 0.273. The minimum Gasteiger partial charge on any atom is -0.341 e. The van der Waals surface area contributed by atoms with Crippen molar-refractivity contribution in [3.05, 3.63) is 24.9 Å². The van der Waals surface area contributed by atoms with Gasteiger partial charge in [-0.1, -0.05) is 13.8 Å². The molecule has 4 rings (SSSR count). The first-order valence-electron chi connectivity index (χ1n) is 10.6. The van der Waals surface area contributed by atoms with Crippen LogP contribution in [0.4, 0.5) is 5.95 Å². The SMILES string of the molecule is CC[C@@H](CN1CCCC1)n1cncc1-c1cnc(N2CCC(C)CC2)nc1. The molecule has 0 aromatic carbocycles. The van der Waals surface area contributed by atoms with Crippen molar-refractivity contribution in [1.82, 2.24) is 24.4 Å². The minimum atomic E-state index is 0.448. The molecule has 2 fully saturated rings. The predicted molar refractivity (Wildman–Crippen MR) is 109 cm³/mol. The molecule has 0 bridgehead atoms. The van der Waals surface area contributed by atoms with Crippen molar-refractivity contribution in [2.24, 2.45) is 5.92 Å². The Labute approximate surface area is 162 Å². The lowest BCUT2D eigenvalue weighted by Crippen LogP contribution is -2.34. The molecular weight excluding hydrogens is 336 g/mol. The second-order valence-corrected chi connectivity index (χ2v) is 8.20. The molecule has 2 aliphatic rings. The zero-order valence-electron chi connectivity index (χ0n) is 16.7. The molecular formula is C21H32N6. The third-order valence-corrected chi connectivity index (χ3v) is 6.20. The molecule has 0 N–H and O–H groups in total. The fourth-order valence-corrected chi connectivity index (χ4v) is 4.32. The summed E-state index contributed by atoms with van der Waals surface area (Å²) >= 11 is 0. The summed E-state index contributed by atoms with van der Waals surface area (Å²) in [5, 5.41) is 0. The Morgan fingerprint density at radius 2 is 1.74 bits per heavy atom. The summed E-state index contributed by atoms with van der Waals surface area (Å²) < 4.78 is 2.32. The molecule has 0 amide bonds. The fourth-order valence-electron chi connectivity index (χ4n) is 4.32. The van der Waals surface area contributed by atoms with Gasteiger partial charge in [-0.05, 0) is 51.1 Å². The molecule has 0 radical (unpaired) electrons. The second-order valence-electron chi connectivity index (χ2n) is 8.20. The molecule has 0 unspecified atom stereocenters. The number of imidazole rings is 1. The number of hydrogen-bond acceptors (Lipinski definition) is 5. The summed E-state index contributed by atoms with van der Waals surface area (Å²) in [5.74, 6) is 1.68. The number of hydrogen-bond donors (Lipinski definition) is 0. The summed E-state index contributed by atoms with van der Waals surface area (Å²) in [5.41, 5.74) is 2.18. The van der Waals surface area contributed by atoms with Crippen molar-refractivity contribution in [3.8, 4) is 11.3 Å². The highest BCUT2D eigenvalue weighted by Gasteiger charge is 2.21. The van der Waals surface area contributed by atoms with E-state index in [-0.39, 0.29) is 0 Å². The molecule has 1 atom stereocenters. The second kappa shape index (κ2) is 8.38. The lowest BCUT2D eigenvalue weighted by Gasteiger charge is -2.30. The quantitative estimate of drug-likeness (QED) is 0.779. The number of rotatable bonds is 6. The van der Waals surface area contributed by atoms with Crippen LogP contribution in [-0.4, -0.2) is 57.1 Å². The van der Waals surface area contributed by atoms with Crippen molar-refractivity contribution < 1.29 is 0 Å². The third kappa shape index (κ3) is 4.15. The smallest absolute Gasteiger partial charge is 0.225 e. The van der Waals surface area contributed by atoms with Gasteiger partial charge in [0.25, 0.3) is 0 Å². The fraction of sp³-hybridized carbons (Fsp3) is 0.667. The molecule has 6 heteroatoms. The molecule has 27 heavy (non-hydrogen) atoms. The van der Waals surface area contributed by atoms with Gasteiger partial charge < -0.3 is 14.4 Å². The standard InChI is InChI=1S/C21H32N6/c1-3-19(15-25-8-4-5-9-25)27-16-22-14-20(27)18-12-23-21(24-13-18)26-10-6-17(2)7-11-26/h12-14,16-17,19H,3-11,15H2,1-2H3/t19-/m0/s1. The topological polar surface area (TPSA) is 50.1 Å². The van der Waals surface area contributed by atoms with Crippen LogP contribution in [0, 0.1) is 5.92 Å². The maximum absolute atomic E-state index is 4.68. The molecule has 0 spiro atoms. The van der Waals surface area contributed by atoms with Gasteiger partial charge in [-0.25, -0.2) is 15.0 Å². The van der Waals surface area contributed by atoms with Gasteiger partial charge in [0.1, 0.15) is 0 Å². The van der Waals surface area contributed by atoms with Crippen LogP contribution in [-0.2, 0) is 0 Å². The third-order valence-electron chi connectivity index (χ3n) is 6.20. The first-order chi connectivity index (χ1) is 13.2. The van der Waals surface area contributed by atoms with E-state index in [4.69, 9.17) is 0 Å². The number of piperidine rings is 1. The van der Waals surface area contributed by atoms with Crippen molar-refractivity contribution in [2.75, 3.05) is 37.6 Å². The van der Waals surface area contributed by atoms with Gasteiger partial charge in [0.2, 0.25) is 5.95 Å². The largest absolute Gasteiger partial charge is 0.341 e. The highest BCUT2D eigenvalue weighted by molar-refractivity contribution is 5.57. The van der Waals surface area contributed by atoms with Crippen LogP contribution in [0.5, 0.6) is 0 Å². The van der Waals surface area contributed by atoms with Crippen LogP contribution < -0.4 is 4.90 Å². The van der Waals surface area contributed by atoms with E-state index in [1.807, 2.05) is 24.9 Å². The molecule has 4 heterocycles. The highest BCUT2D eigenvalue weighted by atomic mass is 15.2. The Hall–Kier alpha value is -1.95. The highest BCUT2D eigenvalue weighted by Crippen LogP contribution is 2.26. The molecule has 146 valence electrons. The number of nitrogens with zero attached hydrogens (tertiary/aromatic N) is 6. The van der Waals surface area contributed by atoms with Crippen molar-refractivity contribution in [3.63, 3.8) is 0 Å². The summed E-state index contributed by atoms with van der Waals surface area (Å²) in [6.07, 6.45) is 14.1. The maximum Gasteiger partial charge on any atom is 0.225 e. The van der Waals surface area contributed by atoms with Gasteiger partial charge in [-0.15, -0.1) is 0 Å². The zero-order chi connectivity index (χ0) is 18.6. The normalized spacial score (nSPS) is 20.3. The van der Waals surface area contributed by atoms with E-state index in [0.29, 0.717) is 6.04 Å². The van der Waals surface area contributed by atoms with E-state index in [1.54, 1.807) is 0 Å². The molecule has 2 saturated heterocycles. The van der Waals surface area contributed by atoms with Gasteiger partial charge in [-0.2, -0.15) is 0 Å². The minimum absolute atomic E-state index is 0.448. The van der Waals surface area contributed by atoms with E-state index >= 15 is 0 Å². The van der Waals surface area contributed by atoms with Gasteiger partial charge in [-0.3, -0.25) is 0 Å². The van der Waals surface area contributed by atoms with Crippen LogP contribution in [0.15, 0.2) is 24.9 Å². The predicted octanol–water partition coefficient (Wildman–Crippen LogP) is 3.62. The molecule has 2 aliphatic heterocycles. The van der Waals surface area contributed by atoms with E-state index in [1.165, 1.54) is 38.8 Å². The Morgan fingerprint density at radius 3 is 2.41 bits per heavy atom. The van der Waals surface area contributed by atoms with Crippen LogP contribution >= 0.6 is 0 Å². The van der Waals surface area contributed by atoms with Crippen LogP contribution in [0.3, 0.4) is 0 Å². The summed E-state index contributed by atoms with van der Waals surface area (Å²) in [6, 6.07) is 0.448. The molecule has 0 saturated carbocycles. The number of anilines is 1. The van der Waals surface area contributed by atoms with Gasteiger partial charge >= 0.3 is 0 Å². The number of aromatic nitrogens is 4. The van der Waals surface area contributed by atoms with Crippen LogP contribution in [0.1, 0.15) is 52.0 Å². The van der Waals surface area contributed by atoms with Gasteiger partial charge in [0.05, 0.1) is 18.2 Å². The summed E-state index contributed by atoms with van der Waals surface area (Å²) in [4.78, 5) is 18.7. The molecule has 2 aromatic heterocycles. The maximum atomic E-state index is 4.68. The Morgan fingerprint density at radius 1 is 1.04 bits per heavy atom. The van der Waals surface area contributed by atoms with E-state index in [9.17, 15) is 0 Å². The van der Waals surface area contributed by atoms with E-state index in [2.05, 4.69) is 43.2 Å². The van der Waals surface area contributed by atoms with E-state index < -0.39 is 0 Å². The first-order valence-corrected chi connectivity index (χ1v) is 10.6. The molecule has 2 aromatic rings. The Kier molecular flexibility index (Phi) is 5.72. The summed E-state index contributed by atoms with van der Waals surface area (Å²) in [6.45, 7) is 10.3. The average Bonchev–Trinajstić information content (AvgIpc) is 3.39. The number of likely N-dealkylation sites (tertiary alicyclic amines) is 1.